The van der Waals surface area contributed by atoms with Crippen molar-refractivity contribution < 1.29 is 9.59 Å². The molecule has 1 atom stereocenters. The van der Waals surface area contributed by atoms with E-state index in [0.717, 1.165) is 64.1 Å². The van der Waals surface area contributed by atoms with Crippen LogP contribution in [0.3, 0.4) is 0 Å². The number of nitrogens with zero attached hydrogens (tertiary/aromatic N) is 3. The van der Waals surface area contributed by atoms with E-state index in [-0.39, 0.29) is 16.7 Å². The zero-order valence-corrected chi connectivity index (χ0v) is 19.1. The number of piperidine rings is 1. The van der Waals surface area contributed by atoms with Gasteiger partial charge in [-0.15, -0.1) is 0 Å². The van der Waals surface area contributed by atoms with Crippen molar-refractivity contribution in [3.8, 4) is 0 Å². The number of carbonyl (C=O) groups is 2. The zero-order chi connectivity index (χ0) is 21.5. The fourth-order valence-corrected chi connectivity index (χ4v) is 6.21. The Morgan fingerprint density at radius 1 is 1.03 bits per heavy atom. The summed E-state index contributed by atoms with van der Waals surface area (Å²) in [7, 11) is 1.95. The molecule has 1 aromatic rings. The lowest BCUT2D eigenvalue weighted by Gasteiger charge is -2.47. The summed E-state index contributed by atoms with van der Waals surface area (Å²) in [6.45, 7) is 12.0. The van der Waals surface area contributed by atoms with E-state index in [9.17, 15) is 9.59 Å². The van der Waals surface area contributed by atoms with E-state index in [1.165, 1.54) is 5.56 Å². The average molecular weight is 412 g/mol. The number of amides is 2. The molecule has 1 aromatic carbocycles. The van der Waals surface area contributed by atoms with Gasteiger partial charge in [0.1, 0.15) is 0 Å². The van der Waals surface area contributed by atoms with Gasteiger partial charge in [-0.05, 0) is 37.7 Å². The molecule has 2 spiro atoms. The highest BCUT2D eigenvalue weighted by molar-refractivity contribution is 5.86. The second kappa shape index (κ2) is 7.99. The summed E-state index contributed by atoms with van der Waals surface area (Å²) in [5.41, 5.74) is 2.07. The molecule has 3 aliphatic rings. The van der Waals surface area contributed by atoms with Crippen LogP contribution < -0.4 is 0 Å². The van der Waals surface area contributed by atoms with E-state index in [1.807, 2.05) is 16.8 Å². The Balaban J connectivity index is 1.47. The summed E-state index contributed by atoms with van der Waals surface area (Å²) >= 11 is 0. The first-order valence-electron chi connectivity index (χ1n) is 11.6. The molecule has 0 aromatic heterocycles. The van der Waals surface area contributed by atoms with Crippen molar-refractivity contribution in [1.82, 2.24) is 14.7 Å². The van der Waals surface area contributed by atoms with Crippen LogP contribution in [0.2, 0.25) is 0 Å². The molecule has 4 rings (SSSR count). The maximum Gasteiger partial charge on any atom is 0.230 e. The summed E-state index contributed by atoms with van der Waals surface area (Å²) in [6, 6.07) is 8.26. The highest BCUT2D eigenvalue weighted by Crippen LogP contribution is 2.57. The number of hydrogen-bond donors (Lipinski definition) is 0. The first-order chi connectivity index (χ1) is 14.2. The van der Waals surface area contributed by atoms with Crippen LogP contribution in [0, 0.1) is 23.7 Å². The minimum absolute atomic E-state index is 0.0182. The maximum absolute atomic E-state index is 13.3. The third-order valence-corrected chi connectivity index (χ3v) is 7.84. The van der Waals surface area contributed by atoms with Crippen LogP contribution in [-0.2, 0) is 16.0 Å². The van der Waals surface area contributed by atoms with Crippen molar-refractivity contribution in [1.29, 1.82) is 0 Å². The molecule has 30 heavy (non-hydrogen) atoms. The van der Waals surface area contributed by atoms with E-state index in [1.54, 1.807) is 0 Å². The first kappa shape index (κ1) is 21.4. The Hall–Kier alpha value is -1.88. The van der Waals surface area contributed by atoms with Crippen LogP contribution in [0.5, 0.6) is 0 Å². The van der Waals surface area contributed by atoms with Crippen LogP contribution in [-0.4, -0.2) is 72.8 Å². The van der Waals surface area contributed by atoms with E-state index in [0.29, 0.717) is 18.2 Å². The molecule has 3 fully saturated rings. The van der Waals surface area contributed by atoms with Gasteiger partial charge in [-0.1, -0.05) is 43.7 Å². The third-order valence-electron chi connectivity index (χ3n) is 7.84. The standard InChI is InChI=1S/C25H37N3O2/c1-19(2)16-27-17-24(25(18-27)11-12-26(4)23(25)30)9-13-28(14-10-24)22(29)15-21-7-5-20(3)6-8-21/h5-8,19H,9-18H2,1-4H3. The number of fused-ring (bicyclic) bond motifs is 1. The number of rotatable bonds is 4. The first-order valence-corrected chi connectivity index (χ1v) is 11.6. The van der Waals surface area contributed by atoms with Gasteiger partial charge in [0.25, 0.3) is 0 Å². The quantitative estimate of drug-likeness (QED) is 0.765. The minimum atomic E-state index is -0.247. The molecule has 3 heterocycles. The monoisotopic (exact) mass is 411 g/mol. The van der Waals surface area contributed by atoms with Crippen molar-refractivity contribution in [2.75, 3.05) is 46.3 Å². The molecule has 164 valence electrons. The van der Waals surface area contributed by atoms with Crippen molar-refractivity contribution in [2.24, 2.45) is 16.7 Å². The largest absolute Gasteiger partial charge is 0.345 e. The fourth-order valence-electron chi connectivity index (χ4n) is 6.21. The van der Waals surface area contributed by atoms with Crippen molar-refractivity contribution in [3.63, 3.8) is 0 Å². The number of likely N-dealkylation sites (tertiary alicyclic amines) is 3. The van der Waals surface area contributed by atoms with Gasteiger partial charge in [0.05, 0.1) is 11.8 Å². The molecule has 5 heteroatoms. The SMILES string of the molecule is Cc1ccc(CC(=O)N2CCC3(CC2)CN(CC(C)C)CC32CCN(C)C2=O)cc1. The van der Waals surface area contributed by atoms with Gasteiger partial charge in [-0.25, -0.2) is 0 Å². The summed E-state index contributed by atoms with van der Waals surface area (Å²) in [5.74, 6) is 1.16. The van der Waals surface area contributed by atoms with Gasteiger partial charge in [0.15, 0.2) is 0 Å². The lowest BCUT2D eigenvalue weighted by atomic mass is 9.60. The molecule has 0 aliphatic carbocycles. The van der Waals surface area contributed by atoms with E-state index < -0.39 is 0 Å². The summed E-state index contributed by atoms with van der Waals surface area (Å²) in [4.78, 5) is 32.8. The molecule has 0 saturated carbocycles. The smallest absolute Gasteiger partial charge is 0.230 e. The van der Waals surface area contributed by atoms with E-state index >= 15 is 0 Å². The Labute approximate surface area is 181 Å². The van der Waals surface area contributed by atoms with Gasteiger partial charge in [-0.2, -0.15) is 0 Å². The number of aryl methyl sites for hydroxylation is 1. The summed E-state index contributed by atoms with van der Waals surface area (Å²) < 4.78 is 0. The van der Waals surface area contributed by atoms with Crippen LogP contribution >= 0.6 is 0 Å². The lowest BCUT2D eigenvalue weighted by molar-refractivity contribution is -0.143. The van der Waals surface area contributed by atoms with Crippen molar-refractivity contribution in [2.45, 2.75) is 46.5 Å². The zero-order valence-electron chi connectivity index (χ0n) is 19.1. The third kappa shape index (κ3) is 3.66. The Kier molecular flexibility index (Phi) is 5.69. The van der Waals surface area contributed by atoms with Gasteiger partial charge in [-0.3, -0.25) is 9.59 Å². The topological polar surface area (TPSA) is 43.9 Å². The minimum Gasteiger partial charge on any atom is -0.345 e. The fraction of sp³-hybridized carbons (Fsp3) is 0.680. The maximum atomic E-state index is 13.3. The molecule has 3 aliphatic heterocycles. The molecule has 0 bridgehead atoms. The molecule has 3 saturated heterocycles. The Morgan fingerprint density at radius 2 is 1.70 bits per heavy atom. The summed E-state index contributed by atoms with van der Waals surface area (Å²) in [6.07, 6.45) is 3.33. The van der Waals surface area contributed by atoms with E-state index in [2.05, 4.69) is 49.9 Å². The Bertz CT molecular complexity index is 795. The van der Waals surface area contributed by atoms with Crippen LogP contribution in [0.15, 0.2) is 24.3 Å². The van der Waals surface area contributed by atoms with Gasteiger partial charge >= 0.3 is 0 Å². The normalized spacial score (nSPS) is 26.5. The lowest BCUT2D eigenvalue weighted by Crippen LogP contribution is -2.53. The van der Waals surface area contributed by atoms with Crippen LogP contribution in [0.4, 0.5) is 0 Å². The predicted octanol–water partition coefficient (Wildman–Crippen LogP) is 2.97. The molecule has 1 unspecified atom stereocenters. The predicted molar refractivity (Wildman–Crippen MR) is 119 cm³/mol. The second-order valence-corrected chi connectivity index (χ2v) is 10.4. The summed E-state index contributed by atoms with van der Waals surface area (Å²) in [5, 5.41) is 0. The second-order valence-electron chi connectivity index (χ2n) is 10.4. The van der Waals surface area contributed by atoms with Crippen LogP contribution in [0.1, 0.15) is 44.2 Å². The number of hydrogen-bond acceptors (Lipinski definition) is 3. The highest BCUT2D eigenvalue weighted by atomic mass is 16.2. The molecule has 5 nitrogen and oxygen atoms in total. The van der Waals surface area contributed by atoms with Crippen molar-refractivity contribution in [3.05, 3.63) is 35.4 Å². The molecular weight excluding hydrogens is 374 g/mol. The molecule has 0 radical (unpaired) electrons. The number of benzene rings is 1. The molecule has 2 amide bonds. The van der Waals surface area contributed by atoms with Crippen LogP contribution in [0.25, 0.3) is 0 Å². The van der Waals surface area contributed by atoms with Crippen molar-refractivity contribution >= 4 is 11.8 Å². The molecular formula is C25H37N3O2. The highest BCUT2D eigenvalue weighted by Gasteiger charge is 2.64. The Morgan fingerprint density at radius 3 is 2.27 bits per heavy atom. The molecule has 0 N–H and O–H groups in total. The van der Waals surface area contributed by atoms with E-state index in [4.69, 9.17) is 0 Å². The van der Waals surface area contributed by atoms with Gasteiger partial charge in [0, 0.05) is 51.7 Å². The van der Waals surface area contributed by atoms with Gasteiger partial charge in [0.2, 0.25) is 11.8 Å². The van der Waals surface area contributed by atoms with Gasteiger partial charge < -0.3 is 14.7 Å². The average Bonchev–Trinajstić information content (AvgIpc) is 3.15. The number of carbonyl (C=O) groups excluding carboxylic acids is 2.